The summed E-state index contributed by atoms with van der Waals surface area (Å²) in [7, 11) is 0. The monoisotopic (exact) mass is 354 g/mol. The number of hydrogen-bond donors (Lipinski definition) is 2. The molecule has 5 nitrogen and oxygen atoms in total. The van der Waals surface area contributed by atoms with E-state index in [0.29, 0.717) is 29.0 Å². The summed E-state index contributed by atoms with van der Waals surface area (Å²) in [5.41, 5.74) is 3.16. The molecule has 0 atom stereocenters. The molecule has 0 amide bonds. The average molecular weight is 355 g/mol. The second kappa shape index (κ2) is 7.49. The molecule has 0 bridgehead atoms. The van der Waals surface area contributed by atoms with Gasteiger partial charge in [-0.1, -0.05) is 49.7 Å². The average Bonchev–Trinajstić information content (AvgIpc) is 2.60. The summed E-state index contributed by atoms with van der Waals surface area (Å²) in [4.78, 5) is 14.9. The molecular formula is C19H19ClN4O. The van der Waals surface area contributed by atoms with Gasteiger partial charge in [-0.15, -0.1) is 10.2 Å². The Morgan fingerprint density at radius 3 is 2.32 bits per heavy atom. The molecule has 6 heteroatoms. The molecule has 2 N–H and O–H groups in total. The van der Waals surface area contributed by atoms with E-state index in [1.54, 1.807) is 12.1 Å². The van der Waals surface area contributed by atoms with Crippen LogP contribution in [-0.4, -0.2) is 15.2 Å². The SMILES string of the molecule is CC(C)c1ccc(Nc2nnc(Cc3ccc(Cl)cc3)c(=O)[nH]2)cc1. The van der Waals surface area contributed by atoms with E-state index in [1.165, 1.54) is 5.56 Å². The number of rotatable bonds is 5. The lowest BCUT2D eigenvalue weighted by atomic mass is 10.0. The van der Waals surface area contributed by atoms with Crippen molar-refractivity contribution in [3.63, 3.8) is 0 Å². The van der Waals surface area contributed by atoms with E-state index in [9.17, 15) is 4.79 Å². The highest BCUT2D eigenvalue weighted by molar-refractivity contribution is 6.30. The van der Waals surface area contributed by atoms with Gasteiger partial charge in [0.2, 0.25) is 5.95 Å². The molecule has 0 fully saturated rings. The van der Waals surface area contributed by atoms with Crippen LogP contribution >= 0.6 is 11.6 Å². The summed E-state index contributed by atoms with van der Waals surface area (Å²) in [6.45, 7) is 4.29. The summed E-state index contributed by atoms with van der Waals surface area (Å²) in [5.74, 6) is 0.794. The van der Waals surface area contributed by atoms with Crippen LogP contribution in [0.15, 0.2) is 53.3 Å². The van der Waals surface area contributed by atoms with Crippen molar-refractivity contribution < 1.29 is 0 Å². The maximum absolute atomic E-state index is 12.2. The maximum atomic E-state index is 12.2. The highest BCUT2D eigenvalue weighted by atomic mass is 35.5. The van der Waals surface area contributed by atoms with Crippen LogP contribution in [0.3, 0.4) is 0 Å². The molecule has 0 radical (unpaired) electrons. The van der Waals surface area contributed by atoms with E-state index < -0.39 is 0 Å². The second-order valence-corrected chi connectivity index (χ2v) is 6.59. The Morgan fingerprint density at radius 1 is 1.04 bits per heavy atom. The fourth-order valence-electron chi connectivity index (χ4n) is 2.42. The third-order valence-electron chi connectivity index (χ3n) is 3.89. The highest BCUT2D eigenvalue weighted by Crippen LogP contribution is 2.18. The van der Waals surface area contributed by atoms with Crippen molar-refractivity contribution in [3.8, 4) is 0 Å². The van der Waals surface area contributed by atoms with Crippen LogP contribution in [0.5, 0.6) is 0 Å². The van der Waals surface area contributed by atoms with Crippen molar-refractivity contribution in [2.75, 3.05) is 5.32 Å². The molecule has 128 valence electrons. The molecular weight excluding hydrogens is 336 g/mol. The van der Waals surface area contributed by atoms with Gasteiger partial charge in [-0.05, 0) is 41.3 Å². The molecule has 2 aromatic carbocycles. The van der Waals surface area contributed by atoms with Gasteiger partial charge in [0.05, 0.1) is 0 Å². The summed E-state index contributed by atoms with van der Waals surface area (Å²) < 4.78 is 0. The van der Waals surface area contributed by atoms with Gasteiger partial charge in [-0.2, -0.15) is 0 Å². The zero-order chi connectivity index (χ0) is 17.8. The number of hydrogen-bond acceptors (Lipinski definition) is 4. The molecule has 3 aromatic rings. The Balaban J connectivity index is 1.73. The molecule has 25 heavy (non-hydrogen) atoms. The van der Waals surface area contributed by atoms with E-state index in [2.05, 4.69) is 34.3 Å². The number of nitrogens with zero attached hydrogens (tertiary/aromatic N) is 2. The lowest BCUT2D eigenvalue weighted by Crippen LogP contribution is -2.18. The van der Waals surface area contributed by atoms with E-state index in [0.717, 1.165) is 11.3 Å². The van der Waals surface area contributed by atoms with Crippen LogP contribution in [0.25, 0.3) is 0 Å². The third-order valence-corrected chi connectivity index (χ3v) is 4.14. The maximum Gasteiger partial charge on any atom is 0.274 e. The summed E-state index contributed by atoms with van der Waals surface area (Å²) in [5, 5.41) is 11.8. The molecule has 1 aromatic heterocycles. The Kier molecular flexibility index (Phi) is 5.14. The first-order valence-electron chi connectivity index (χ1n) is 8.08. The zero-order valence-electron chi connectivity index (χ0n) is 14.1. The van der Waals surface area contributed by atoms with Crippen LogP contribution in [0.4, 0.5) is 11.6 Å². The standard InChI is InChI=1S/C19H19ClN4O/c1-12(2)14-5-9-16(10-6-14)21-19-22-18(25)17(23-24-19)11-13-3-7-15(20)8-4-13/h3-10,12H,11H2,1-2H3,(H2,21,22,24,25). The van der Waals surface area contributed by atoms with Crippen LogP contribution in [-0.2, 0) is 6.42 Å². The minimum atomic E-state index is -0.258. The Morgan fingerprint density at radius 2 is 1.72 bits per heavy atom. The predicted molar refractivity (Wildman–Crippen MR) is 101 cm³/mol. The minimum absolute atomic E-state index is 0.258. The van der Waals surface area contributed by atoms with Crippen LogP contribution in [0, 0.1) is 0 Å². The van der Waals surface area contributed by atoms with Gasteiger partial charge >= 0.3 is 0 Å². The van der Waals surface area contributed by atoms with E-state index in [1.807, 2.05) is 36.4 Å². The highest BCUT2D eigenvalue weighted by Gasteiger charge is 2.07. The van der Waals surface area contributed by atoms with Gasteiger partial charge in [0.1, 0.15) is 5.69 Å². The molecule has 0 aliphatic carbocycles. The quantitative estimate of drug-likeness (QED) is 0.717. The normalized spacial score (nSPS) is 10.9. The molecule has 0 aliphatic heterocycles. The number of aromatic amines is 1. The molecule has 0 aliphatic rings. The fourth-order valence-corrected chi connectivity index (χ4v) is 2.54. The smallest absolute Gasteiger partial charge is 0.274 e. The van der Waals surface area contributed by atoms with Crippen molar-refractivity contribution in [1.82, 2.24) is 15.2 Å². The van der Waals surface area contributed by atoms with Crippen molar-refractivity contribution in [2.24, 2.45) is 0 Å². The number of halogens is 1. The Bertz CT molecular complexity index is 902. The van der Waals surface area contributed by atoms with Gasteiger partial charge in [0, 0.05) is 17.1 Å². The summed E-state index contributed by atoms with van der Waals surface area (Å²) in [6, 6.07) is 15.3. The Hall–Kier alpha value is -2.66. The second-order valence-electron chi connectivity index (χ2n) is 6.15. The molecule has 3 rings (SSSR count). The van der Waals surface area contributed by atoms with Crippen molar-refractivity contribution in [3.05, 3.63) is 80.7 Å². The topological polar surface area (TPSA) is 70.7 Å². The molecule has 0 saturated carbocycles. The first-order valence-corrected chi connectivity index (χ1v) is 8.46. The summed E-state index contributed by atoms with van der Waals surface area (Å²) >= 11 is 5.87. The first kappa shape index (κ1) is 17.2. The van der Waals surface area contributed by atoms with Gasteiger partial charge < -0.3 is 5.32 Å². The third kappa shape index (κ3) is 4.45. The summed E-state index contributed by atoms with van der Waals surface area (Å²) in [6.07, 6.45) is 0.406. The van der Waals surface area contributed by atoms with E-state index in [-0.39, 0.29) is 5.56 Å². The number of nitrogens with one attached hydrogen (secondary N) is 2. The van der Waals surface area contributed by atoms with Gasteiger partial charge in [0.15, 0.2) is 0 Å². The van der Waals surface area contributed by atoms with Crippen molar-refractivity contribution in [1.29, 1.82) is 0 Å². The zero-order valence-corrected chi connectivity index (χ0v) is 14.8. The first-order chi connectivity index (χ1) is 12.0. The number of H-pyrrole nitrogens is 1. The van der Waals surface area contributed by atoms with Crippen LogP contribution in [0.2, 0.25) is 5.02 Å². The van der Waals surface area contributed by atoms with Gasteiger partial charge in [0.25, 0.3) is 5.56 Å². The van der Waals surface area contributed by atoms with Crippen molar-refractivity contribution >= 4 is 23.2 Å². The largest absolute Gasteiger partial charge is 0.324 e. The number of benzene rings is 2. The van der Waals surface area contributed by atoms with Crippen LogP contribution < -0.4 is 10.9 Å². The molecule has 0 spiro atoms. The van der Waals surface area contributed by atoms with Crippen molar-refractivity contribution in [2.45, 2.75) is 26.2 Å². The molecule has 0 saturated heterocycles. The minimum Gasteiger partial charge on any atom is -0.324 e. The van der Waals surface area contributed by atoms with Gasteiger partial charge in [-0.25, -0.2) is 0 Å². The molecule has 0 unspecified atom stereocenters. The number of aromatic nitrogens is 3. The number of anilines is 2. The Labute approximate surface area is 151 Å². The lowest BCUT2D eigenvalue weighted by Gasteiger charge is -2.08. The lowest BCUT2D eigenvalue weighted by molar-refractivity contribution is 0.865. The predicted octanol–water partition coefficient (Wildman–Crippen LogP) is 4.28. The van der Waals surface area contributed by atoms with Crippen LogP contribution in [0.1, 0.15) is 36.6 Å². The van der Waals surface area contributed by atoms with E-state index >= 15 is 0 Å². The molecule has 1 heterocycles. The van der Waals surface area contributed by atoms with Gasteiger partial charge in [-0.3, -0.25) is 9.78 Å². The fraction of sp³-hybridized carbons (Fsp3) is 0.211. The van der Waals surface area contributed by atoms with E-state index in [4.69, 9.17) is 11.6 Å².